The van der Waals surface area contributed by atoms with Gasteiger partial charge in [-0.1, -0.05) is 69.7 Å². The van der Waals surface area contributed by atoms with E-state index in [9.17, 15) is 14.7 Å². The van der Waals surface area contributed by atoms with E-state index in [1.54, 1.807) is 0 Å². The second-order valence-electron chi connectivity index (χ2n) is 10.4. The number of nitrogens with zero attached hydrogens (tertiary/aromatic N) is 3. The van der Waals surface area contributed by atoms with Crippen LogP contribution in [0.1, 0.15) is 97.1 Å². The van der Waals surface area contributed by atoms with E-state index in [1.807, 2.05) is 39.8 Å². The first kappa shape index (κ1) is 30.3. The highest BCUT2D eigenvalue weighted by Crippen LogP contribution is 2.32. The monoisotopic (exact) mass is 507 g/mol. The van der Waals surface area contributed by atoms with Gasteiger partial charge in [-0.2, -0.15) is 5.11 Å². The lowest BCUT2D eigenvalue weighted by Crippen LogP contribution is -2.23. The summed E-state index contributed by atoms with van der Waals surface area (Å²) < 4.78 is 0. The average Bonchev–Trinajstić information content (AvgIpc) is 2.89. The van der Waals surface area contributed by atoms with Crippen LogP contribution in [0.3, 0.4) is 0 Å². The third kappa shape index (κ3) is 9.83. The Morgan fingerprint density at radius 2 is 1.86 bits per heavy atom. The molecule has 3 unspecified atom stereocenters. The molecule has 0 fully saturated rings. The number of rotatable bonds is 16. The second-order valence-corrected chi connectivity index (χ2v) is 10.4. The molecule has 1 N–H and O–H groups in total. The van der Waals surface area contributed by atoms with Crippen molar-refractivity contribution in [2.75, 3.05) is 6.54 Å². The molecule has 0 radical (unpaired) electrons. The van der Waals surface area contributed by atoms with E-state index in [0.29, 0.717) is 37.5 Å². The van der Waals surface area contributed by atoms with Crippen LogP contribution in [0.25, 0.3) is 5.57 Å². The van der Waals surface area contributed by atoms with Gasteiger partial charge in [-0.25, -0.2) is 0 Å². The number of carboxylic acids is 1. The summed E-state index contributed by atoms with van der Waals surface area (Å²) in [5, 5.41) is 21.7. The molecule has 3 atom stereocenters. The predicted molar refractivity (Wildman–Crippen MR) is 152 cm³/mol. The molecular weight excluding hydrogens is 462 g/mol. The van der Waals surface area contributed by atoms with Crippen molar-refractivity contribution in [3.63, 3.8) is 0 Å². The molecule has 202 valence electrons. The lowest BCUT2D eigenvalue weighted by molar-refractivity contribution is -0.144. The summed E-state index contributed by atoms with van der Waals surface area (Å²) in [5.41, 5.74) is 4.18. The maximum Gasteiger partial charge on any atom is 0.306 e. The molecule has 1 aromatic carbocycles. The third-order valence-corrected chi connectivity index (χ3v) is 7.28. The van der Waals surface area contributed by atoms with Gasteiger partial charge in [0.1, 0.15) is 5.78 Å². The molecule has 37 heavy (non-hydrogen) atoms. The van der Waals surface area contributed by atoms with E-state index in [-0.39, 0.29) is 11.8 Å². The molecule has 0 aromatic heterocycles. The highest BCUT2D eigenvalue weighted by atomic mass is 16.4. The Morgan fingerprint density at radius 1 is 1.11 bits per heavy atom. The van der Waals surface area contributed by atoms with Crippen LogP contribution in [-0.2, 0) is 9.59 Å². The van der Waals surface area contributed by atoms with Crippen molar-refractivity contribution in [3.8, 4) is 0 Å². The highest BCUT2D eigenvalue weighted by molar-refractivity contribution is 6.03. The molecule has 1 aliphatic rings. The fourth-order valence-corrected chi connectivity index (χ4v) is 4.90. The van der Waals surface area contributed by atoms with Crippen LogP contribution in [0.4, 0.5) is 0 Å². The van der Waals surface area contributed by atoms with Crippen molar-refractivity contribution < 1.29 is 14.7 Å². The number of aliphatic carboxylic acids is 1. The largest absolute Gasteiger partial charge is 0.481 e. The summed E-state index contributed by atoms with van der Waals surface area (Å²) in [6.07, 6.45) is 13.1. The lowest BCUT2D eigenvalue weighted by Gasteiger charge is -2.23. The third-order valence-electron chi connectivity index (χ3n) is 7.28. The summed E-state index contributed by atoms with van der Waals surface area (Å²) in [5.74, 6) is -0.447. The minimum absolute atomic E-state index is 0.0530. The Bertz CT molecular complexity index is 1010. The topological polar surface area (TPSA) is 91.5 Å². The van der Waals surface area contributed by atoms with Crippen LogP contribution in [-0.4, -0.2) is 29.1 Å². The van der Waals surface area contributed by atoms with Gasteiger partial charge in [0.25, 0.3) is 0 Å². The van der Waals surface area contributed by atoms with Gasteiger partial charge in [-0.05, 0) is 80.6 Å². The SMILES string of the molecule is CCCCC(=O)C(CCC1C=CC(c2ccccc2/C(C)=N/N=NCC)=CC1)CCC(C(=O)O)C(C)C. The molecule has 0 spiro atoms. The second kappa shape index (κ2) is 16.1. The maximum atomic E-state index is 13.0. The van der Waals surface area contributed by atoms with Crippen LogP contribution in [0.2, 0.25) is 0 Å². The van der Waals surface area contributed by atoms with Crippen molar-refractivity contribution >= 4 is 23.0 Å². The Kier molecular flexibility index (Phi) is 13.2. The molecule has 0 saturated carbocycles. The van der Waals surface area contributed by atoms with Crippen molar-refractivity contribution in [1.29, 1.82) is 0 Å². The number of Topliss-reactive ketones (excluding diaryl/α,β-unsaturated/α-hetero) is 1. The van der Waals surface area contributed by atoms with E-state index in [1.165, 1.54) is 5.57 Å². The van der Waals surface area contributed by atoms with Crippen molar-refractivity contribution in [3.05, 3.63) is 53.6 Å². The van der Waals surface area contributed by atoms with Gasteiger partial charge < -0.3 is 5.11 Å². The number of benzene rings is 1. The summed E-state index contributed by atoms with van der Waals surface area (Å²) in [6.45, 7) is 10.5. The number of allylic oxidation sites excluding steroid dienone is 4. The average molecular weight is 508 g/mol. The van der Waals surface area contributed by atoms with Crippen LogP contribution >= 0.6 is 0 Å². The van der Waals surface area contributed by atoms with Crippen LogP contribution in [0, 0.1) is 23.7 Å². The Hall–Kier alpha value is -2.89. The zero-order valence-corrected chi connectivity index (χ0v) is 23.3. The highest BCUT2D eigenvalue weighted by Gasteiger charge is 2.26. The molecular formula is C31H45N3O3. The van der Waals surface area contributed by atoms with E-state index in [2.05, 4.69) is 52.7 Å². The molecule has 1 aliphatic carbocycles. The molecule has 0 amide bonds. The Morgan fingerprint density at radius 3 is 2.49 bits per heavy atom. The molecule has 0 bridgehead atoms. The van der Waals surface area contributed by atoms with Crippen LogP contribution < -0.4 is 0 Å². The van der Waals surface area contributed by atoms with Gasteiger partial charge >= 0.3 is 5.97 Å². The van der Waals surface area contributed by atoms with Crippen molar-refractivity contribution in [2.45, 2.75) is 86.0 Å². The number of carboxylic acid groups (broad SMARTS) is 1. The number of ketones is 1. The lowest BCUT2D eigenvalue weighted by atomic mass is 9.81. The number of hydrogen-bond donors (Lipinski definition) is 1. The molecule has 1 aromatic rings. The minimum atomic E-state index is -0.753. The number of carbonyl (C=O) groups is 2. The van der Waals surface area contributed by atoms with Gasteiger partial charge in [0, 0.05) is 17.9 Å². The zero-order valence-electron chi connectivity index (χ0n) is 23.3. The van der Waals surface area contributed by atoms with E-state index >= 15 is 0 Å². The molecule has 0 heterocycles. The molecule has 6 heteroatoms. The molecule has 0 aliphatic heterocycles. The first-order chi connectivity index (χ1) is 17.8. The van der Waals surface area contributed by atoms with Gasteiger partial charge in [0.05, 0.1) is 18.2 Å². The smallest absolute Gasteiger partial charge is 0.306 e. The predicted octanol–water partition coefficient (Wildman–Crippen LogP) is 8.13. The summed E-state index contributed by atoms with van der Waals surface area (Å²) in [7, 11) is 0. The van der Waals surface area contributed by atoms with Crippen LogP contribution in [0.15, 0.2) is 57.9 Å². The van der Waals surface area contributed by atoms with Crippen molar-refractivity contribution in [2.24, 2.45) is 39.1 Å². The first-order valence-corrected chi connectivity index (χ1v) is 13.9. The van der Waals surface area contributed by atoms with E-state index < -0.39 is 11.9 Å². The fourth-order valence-electron chi connectivity index (χ4n) is 4.90. The van der Waals surface area contributed by atoms with Crippen LogP contribution in [0.5, 0.6) is 0 Å². The number of carbonyl (C=O) groups excluding carboxylic acids is 1. The minimum Gasteiger partial charge on any atom is -0.481 e. The Labute approximate surface area is 223 Å². The zero-order chi connectivity index (χ0) is 27.2. The Balaban J connectivity index is 2.05. The van der Waals surface area contributed by atoms with Gasteiger partial charge in [0.2, 0.25) is 0 Å². The normalized spacial score (nSPS) is 17.7. The molecule has 6 nitrogen and oxygen atoms in total. The van der Waals surface area contributed by atoms with Gasteiger partial charge in [0.15, 0.2) is 0 Å². The maximum absolute atomic E-state index is 13.0. The van der Waals surface area contributed by atoms with Gasteiger partial charge in [-0.3, -0.25) is 9.59 Å². The standard InChI is InChI=1S/C31H45N3O3/c1-6-8-13-30(35)26(20-21-27(22(3)4)31(36)37)19-16-24-14-17-25(18-15-24)29-12-10-9-11-28(29)23(5)33-34-32-7-2/h9-12,14,17-18,22,24,26-27H,6-8,13,15-16,19-21H2,1-5H3,(H,36,37)/b33-23+,34-32?. The molecule has 2 rings (SSSR count). The fraction of sp³-hybridized carbons (Fsp3) is 0.581. The van der Waals surface area contributed by atoms with Crippen molar-refractivity contribution in [1.82, 2.24) is 0 Å². The number of hydrogen-bond acceptors (Lipinski definition) is 4. The van der Waals surface area contributed by atoms with E-state index in [4.69, 9.17) is 0 Å². The quantitative estimate of drug-likeness (QED) is 0.139. The number of unbranched alkanes of at least 4 members (excludes halogenated alkanes) is 1. The van der Waals surface area contributed by atoms with Gasteiger partial charge in [-0.15, -0.1) is 5.10 Å². The summed E-state index contributed by atoms with van der Waals surface area (Å²) in [4.78, 5) is 24.6. The first-order valence-electron chi connectivity index (χ1n) is 13.9. The summed E-state index contributed by atoms with van der Waals surface area (Å²) in [6, 6.07) is 8.21. The molecule has 0 saturated heterocycles. The summed E-state index contributed by atoms with van der Waals surface area (Å²) >= 11 is 0. The van der Waals surface area contributed by atoms with E-state index in [0.717, 1.165) is 48.9 Å².